The minimum absolute atomic E-state index is 0.974. The zero-order chi connectivity index (χ0) is 21.1. The van der Waals surface area contributed by atoms with Crippen LogP contribution in [0.15, 0.2) is 71.3 Å². The van der Waals surface area contributed by atoms with Crippen molar-refractivity contribution in [2.75, 3.05) is 0 Å². The smallest absolute Gasteiger partial charge is 0.216 e. The molecule has 0 saturated carbocycles. The van der Waals surface area contributed by atoms with Crippen LogP contribution in [0.3, 0.4) is 0 Å². The Bertz CT molecular complexity index is 1490. The van der Waals surface area contributed by atoms with E-state index < -0.39 is 0 Å². The number of hydrogen-bond donors (Lipinski definition) is 0. The molecule has 0 fully saturated rings. The van der Waals surface area contributed by atoms with Crippen LogP contribution >= 0.6 is 0 Å². The van der Waals surface area contributed by atoms with Crippen LogP contribution in [0, 0.1) is 13.8 Å². The van der Waals surface area contributed by atoms with Crippen LogP contribution in [0.25, 0.3) is 44.3 Å². The summed E-state index contributed by atoms with van der Waals surface area (Å²) in [4.78, 5) is 0. The molecule has 1 aliphatic carbocycles. The normalized spacial score (nSPS) is 13.3. The maximum Gasteiger partial charge on any atom is 0.216 e. The largest absolute Gasteiger partial charge is 0.454 e. The molecule has 0 N–H and O–H groups in total. The predicted molar refractivity (Wildman–Crippen MR) is 127 cm³/mol. The van der Waals surface area contributed by atoms with Crippen LogP contribution in [0.4, 0.5) is 0 Å². The van der Waals surface area contributed by atoms with E-state index in [9.17, 15) is 0 Å². The van der Waals surface area contributed by atoms with Crippen molar-refractivity contribution >= 4 is 21.9 Å². The van der Waals surface area contributed by atoms with E-state index in [1.54, 1.807) is 5.56 Å². The van der Waals surface area contributed by atoms with Gasteiger partial charge >= 0.3 is 0 Å². The van der Waals surface area contributed by atoms with Gasteiger partial charge in [-0.05, 0) is 67.0 Å². The van der Waals surface area contributed by atoms with Gasteiger partial charge in [-0.15, -0.1) is 0 Å². The van der Waals surface area contributed by atoms with Gasteiger partial charge in [0.25, 0.3) is 0 Å². The van der Waals surface area contributed by atoms with Crippen LogP contribution in [-0.4, -0.2) is 0 Å². The Balaban J connectivity index is 1.66. The predicted octanol–water partition coefficient (Wildman–Crippen LogP) is 6.85. The molecule has 6 rings (SSSR count). The van der Waals surface area contributed by atoms with Gasteiger partial charge in [0.05, 0.1) is 5.56 Å². The van der Waals surface area contributed by atoms with E-state index in [2.05, 4.69) is 92.3 Å². The second-order valence-corrected chi connectivity index (χ2v) is 8.90. The summed E-state index contributed by atoms with van der Waals surface area (Å²) < 4.78 is 8.87. The standard InChI is InChI=1S/C29H26NO/c1-18-13-14-25-24-11-7-10-23(21-16-19(2)22-9-6-8-20(22)17-21)28(24)31-29(25)27(18)26-12-4-5-15-30(26)3/h4-5,7,10-17H,6,8-9H2,1-3H3/q+1. The third-order valence-electron chi connectivity index (χ3n) is 6.94. The summed E-state index contributed by atoms with van der Waals surface area (Å²) in [5.74, 6) is 0. The molecule has 0 saturated heterocycles. The number of fused-ring (bicyclic) bond motifs is 4. The lowest BCUT2D eigenvalue weighted by molar-refractivity contribution is -0.660. The average molecular weight is 405 g/mol. The second kappa shape index (κ2) is 6.81. The Kier molecular flexibility index (Phi) is 4.04. The SMILES string of the molecule is Cc1cc(-c2cccc3c2oc2c(-c4cccc[n+]4C)c(C)ccc23)cc2c1CCC2. The molecular formula is C29H26NO+. The van der Waals surface area contributed by atoms with Crippen molar-refractivity contribution in [2.45, 2.75) is 33.1 Å². The Labute approximate surface area is 182 Å². The molecule has 1 aliphatic rings. The van der Waals surface area contributed by atoms with E-state index in [0.717, 1.165) is 11.2 Å². The fraction of sp³-hybridized carbons (Fsp3) is 0.207. The van der Waals surface area contributed by atoms with Gasteiger partial charge in [-0.25, -0.2) is 4.57 Å². The van der Waals surface area contributed by atoms with E-state index in [1.807, 2.05) is 0 Å². The van der Waals surface area contributed by atoms with Gasteiger partial charge in [0.15, 0.2) is 6.20 Å². The molecule has 0 atom stereocenters. The van der Waals surface area contributed by atoms with Crippen LogP contribution in [-0.2, 0) is 19.9 Å². The molecular weight excluding hydrogens is 378 g/mol. The summed E-state index contributed by atoms with van der Waals surface area (Å²) >= 11 is 0. The van der Waals surface area contributed by atoms with Crippen molar-refractivity contribution in [3.63, 3.8) is 0 Å². The number of rotatable bonds is 2. The highest BCUT2D eigenvalue weighted by Gasteiger charge is 2.22. The fourth-order valence-electron chi connectivity index (χ4n) is 5.37. The maximum atomic E-state index is 6.71. The number of hydrogen-bond acceptors (Lipinski definition) is 1. The van der Waals surface area contributed by atoms with Crippen molar-refractivity contribution in [2.24, 2.45) is 7.05 Å². The highest BCUT2D eigenvalue weighted by Crippen LogP contribution is 2.41. The molecule has 5 aromatic rings. The van der Waals surface area contributed by atoms with Crippen molar-refractivity contribution < 1.29 is 8.98 Å². The molecule has 3 aromatic carbocycles. The van der Waals surface area contributed by atoms with E-state index in [-0.39, 0.29) is 0 Å². The molecule has 0 unspecified atom stereocenters. The minimum Gasteiger partial charge on any atom is -0.454 e. The number of aromatic nitrogens is 1. The highest BCUT2D eigenvalue weighted by molar-refractivity contribution is 6.13. The van der Waals surface area contributed by atoms with Gasteiger partial charge in [-0.2, -0.15) is 0 Å². The van der Waals surface area contributed by atoms with Gasteiger partial charge in [0.2, 0.25) is 5.69 Å². The third kappa shape index (κ3) is 2.75. The number of nitrogens with zero attached hydrogens (tertiary/aromatic N) is 1. The number of benzene rings is 3. The Morgan fingerprint density at radius 1 is 0.806 bits per heavy atom. The van der Waals surface area contributed by atoms with Crippen molar-refractivity contribution in [1.29, 1.82) is 0 Å². The minimum atomic E-state index is 0.974. The number of pyridine rings is 1. The first-order chi connectivity index (χ1) is 15.1. The Morgan fingerprint density at radius 3 is 2.55 bits per heavy atom. The summed E-state index contributed by atoms with van der Waals surface area (Å²) in [6.07, 6.45) is 5.77. The first kappa shape index (κ1) is 18.4. The molecule has 0 aliphatic heterocycles. The summed E-state index contributed by atoms with van der Waals surface area (Å²) in [5.41, 5.74) is 12.5. The van der Waals surface area contributed by atoms with E-state index in [4.69, 9.17) is 4.42 Å². The summed E-state index contributed by atoms with van der Waals surface area (Å²) in [6.45, 7) is 4.42. The average Bonchev–Trinajstić information content (AvgIpc) is 3.39. The third-order valence-corrected chi connectivity index (χ3v) is 6.94. The number of para-hydroxylation sites is 1. The van der Waals surface area contributed by atoms with Gasteiger partial charge < -0.3 is 4.42 Å². The topological polar surface area (TPSA) is 17.0 Å². The molecule has 0 spiro atoms. The molecule has 2 heterocycles. The highest BCUT2D eigenvalue weighted by atomic mass is 16.3. The molecule has 0 bridgehead atoms. The first-order valence-electron chi connectivity index (χ1n) is 11.1. The van der Waals surface area contributed by atoms with Gasteiger partial charge in [-0.1, -0.05) is 42.5 Å². The molecule has 2 nitrogen and oxygen atoms in total. The molecule has 152 valence electrons. The quantitative estimate of drug-likeness (QED) is 0.294. The number of aryl methyl sites for hydroxylation is 4. The first-order valence-corrected chi connectivity index (χ1v) is 11.1. The lowest BCUT2D eigenvalue weighted by Gasteiger charge is -2.09. The molecule has 0 radical (unpaired) electrons. The fourth-order valence-corrected chi connectivity index (χ4v) is 5.37. The molecule has 2 aromatic heterocycles. The van der Waals surface area contributed by atoms with Crippen LogP contribution in [0.1, 0.15) is 28.7 Å². The zero-order valence-electron chi connectivity index (χ0n) is 18.3. The lowest BCUT2D eigenvalue weighted by atomic mass is 9.95. The van der Waals surface area contributed by atoms with Crippen LogP contribution in [0.2, 0.25) is 0 Å². The van der Waals surface area contributed by atoms with Gasteiger partial charge in [0, 0.05) is 28.5 Å². The lowest BCUT2D eigenvalue weighted by Crippen LogP contribution is -2.30. The molecule has 31 heavy (non-hydrogen) atoms. The molecule has 0 amide bonds. The van der Waals surface area contributed by atoms with Gasteiger partial charge in [0.1, 0.15) is 18.2 Å². The monoisotopic (exact) mass is 404 g/mol. The van der Waals surface area contributed by atoms with Crippen LogP contribution in [0.5, 0.6) is 0 Å². The summed E-state index contributed by atoms with van der Waals surface area (Å²) in [5, 5.41) is 2.37. The molecule has 2 heteroatoms. The van der Waals surface area contributed by atoms with Crippen LogP contribution < -0.4 is 4.57 Å². The summed E-state index contributed by atoms with van der Waals surface area (Å²) in [7, 11) is 2.09. The second-order valence-electron chi connectivity index (χ2n) is 8.90. The number of furan rings is 1. The zero-order valence-corrected chi connectivity index (χ0v) is 18.3. The maximum absolute atomic E-state index is 6.71. The van der Waals surface area contributed by atoms with E-state index >= 15 is 0 Å². The van der Waals surface area contributed by atoms with Crippen molar-refractivity contribution in [1.82, 2.24) is 0 Å². The summed E-state index contributed by atoms with van der Waals surface area (Å²) in [6, 6.07) is 22.0. The Hall–Kier alpha value is -3.39. The van der Waals surface area contributed by atoms with Crippen molar-refractivity contribution in [3.05, 3.63) is 89.1 Å². The van der Waals surface area contributed by atoms with Crippen molar-refractivity contribution in [3.8, 4) is 22.4 Å². The Morgan fingerprint density at radius 2 is 1.68 bits per heavy atom. The van der Waals surface area contributed by atoms with Gasteiger partial charge in [-0.3, -0.25) is 0 Å². The van der Waals surface area contributed by atoms with E-state index in [1.165, 1.54) is 69.1 Å². The van der Waals surface area contributed by atoms with E-state index in [0.29, 0.717) is 0 Å².